The molecule has 0 unspecified atom stereocenters. The smallest absolute Gasteiger partial charge is 0.307 e. The molecule has 0 spiro atoms. The van der Waals surface area contributed by atoms with Crippen molar-refractivity contribution in [1.29, 1.82) is 0 Å². The molecule has 6 nitrogen and oxygen atoms in total. The fourth-order valence-electron chi connectivity index (χ4n) is 2.91. The van der Waals surface area contributed by atoms with Crippen molar-refractivity contribution in [2.24, 2.45) is 17.8 Å². The highest BCUT2D eigenvalue weighted by Gasteiger charge is 2.57. The van der Waals surface area contributed by atoms with Crippen LogP contribution in [0.25, 0.3) is 0 Å². The Hall–Kier alpha value is -1.85. The van der Waals surface area contributed by atoms with Crippen molar-refractivity contribution in [3.63, 3.8) is 0 Å². The molecular weight excluding hydrogens is 236 g/mol. The lowest BCUT2D eigenvalue weighted by molar-refractivity contribution is -0.139. The van der Waals surface area contributed by atoms with E-state index >= 15 is 0 Å². The second kappa shape index (κ2) is 3.83. The first-order chi connectivity index (χ1) is 8.58. The highest BCUT2D eigenvalue weighted by Crippen LogP contribution is 2.51. The molecule has 1 aromatic heterocycles. The third-order valence-corrected chi connectivity index (χ3v) is 3.91. The van der Waals surface area contributed by atoms with Crippen molar-refractivity contribution in [2.75, 3.05) is 13.1 Å². The minimum atomic E-state index is -0.741. The predicted molar refractivity (Wildman–Crippen MR) is 59.9 cm³/mol. The molecule has 1 saturated heterocycles. The number of carboxylic acid groups (broad SMARTS) is 1. The largest absolute Gasteiger partial charge is 0.481 e. The van der Waals surface area contributed by atoms with E-state index < -0.39 is 5.97 Å². The zero-order valence-corrected chi connectivity index (χ0v) is 10.00. The Labute approximate surface area is 104 Å². The van der Waals surface area contributed by atoms with E-state index in [1.54, 1.807) is 17.9 Å². The number of carbonyl (C=O) groups is 2. The van der Waals surface area contributed by atoms with E-state index in [1.165, 1.54) is 0 Å². The molecular formula is C12H14N2O4. The van der Waals surface area contributed by atoms with E-state index in [0.717, 1.165) is 6.42 Å². The molecule has 1 aromatic rings. The Balaban J connectivity index is 1.69. The maximum Gasteiger partial charge on any atom is 0.307 e. The Kier molecular flexibility index (Phi) is 2.39. The zero-order valence-electron chi connectivity index (χ0n) is 10.00. The molecule has 1 aliphatic carbocycles. The lowest BCUT2D eigenvalue weighted by Gasteiger charge is -2.24. The number of piperidine rings is 1. The maximum atomic E-state index is 12.1. The second-order valence-electron chi connectivity index (χ2n) is 5.06. The summed E-state index contributed by atoms with van der Waals surface area (Å²) in [5.41, 5.74) is 0.670. The van der Waals surface area contributed by atoms with Gasteiger partial charge >= 0.3 is 5.97 Å². The number of aryl methyl sites for hydroxylation is 1. The Bertz CT molecular complexity index is 510. The summed E-state index contributed by atoms with van der Waals surface area (Å²) in [6.07, 6.45) is 0.764. The molecule has 96 valence electrons. The summed E-state index contributed by atoms with van der Waals surface area (Å²) >= 11 is 0. The van der Waals surface area contributed by atoms with Crippen LogP contribution < -0.4 is 0 Å². The highest BCUT2D eigenvalue weighted by atomic mass is 16.5. The van der Waals surface area contributed by atoms with Crippen molar-refractivity contribution < 1.29 is 19.2 Å². The second-order valence-corrected chi connectivity index (χ2v) is 5.06. The normalized spacial score (nSPS) is 29.8. The number of aliphatic carboxylic acids is 1. The lowest BCUT2D eigenvalue weighted by atomic mass is 10.1. The molecule has 2 fully saturated rings. The van der Waals surface area contributed by atoms with Crippen LogP contribution >= 0.6 is 0 Å². The minimum absolute atomic E-state index is 0.115. The molecule has 3 atom stereocenters. The van der Waals surface area contributed by atoms with E-state index in [0.29, 0.717) is 18.8 Å². The molecule has 0 aromatic carbocycles. The van der Waals surface area contributed by atoms with Gasteiger partial charge in [-0.3, -0.25) is 9.59 Å². The van der Waals surface area contributed by atoms with Crippen molar-refractivity contribution in [2.45, 2.75) is 13.3 Å². The molecule has 1 N–H and O–H groups in total. The minimum Gasteiger partial charge on any atom is -0.481 e. The average molecular weight is 250 g/mol. The van der Waals surface area contributed by atoms with Gasteiger partial charge in [0.2, 0.25) is 5.76 Å². The molecule has 2 heterocycles. The summed E-state index contributed by atoms with van der Waals surface area (Å²) in [6.45, 7) is 2.87. The SMILES string of the molecule is Cc1cc(C(=O)N2CC[C@H]3[C@@H](C2)[C@H]3C(=O)O)on1. The monoisotopic (exact) mass is 250 g/mol. The van der Waals surface area contributed by atoms with E-state index in [-0.39, 0.29) is 29.4 Å². The lowest BCUT2D eigenvalue weighted by Crippen LogP contribution is -2.36. The van der Waals surface area contributed by atoms with Gasteiger partial charge in [0.05, 0.1) is 11.6 Å². The van der Waals surface area contributed by atoms with Gasteiger partial charge in [0.15, 0.2) is 0 Å². The topological polar surface area (TPSA) is 83.6 Å². The maximum absolute atomic E-state index is 12.1. The number of nitrogens with zero attached hydrogens (tertiary/aromatic N) is 2. The van der Waals surface area contributed by atoms with Crippen LogP contribution in [0.3, 0.4) is 0 Å². The molecule has 3 rings (SSSR count). The first kappa shape index (κ1) is 11.3. The number of hydrogen-bond acceptors (Lipinski definition) is 4. The van der Waals surface area contributed by atoms with Crippen LogP contribution in [-0.2, 0) is 4.79 Å². The van der Waals surface area contributed by atoms with E-state index in [4.69, 9.17) is 9.63 Å². The summed E-state index contributed by atoms with van der Waals surface area (Å²) in [4.78, 5) is 24.7. The van der Waals surface area contributed by atoms with Gasteiger partial charge in [0.25, 0.3) is 5.91 Å². The van der Waals surface area contributed by atoms with Gasteiger partial charge in [-0.2, -0.15) is 0 Å². The van der Waals surface area contributed by atoms with Crippen LogP contribution in [0.5, 0.6) is 0 Å². The fourth-order valence-corrected chi connectivity index (χ4v) is 2.91. The first-order valence-corrected chi connectivity index (χ1v) is 6.03. The van der Waals surface area contributed by atoms with Crippen LogP contribution in [0.15, 0.2) is 10.6 Å². The van der Waals surface area contributed by atoms with E-state index in [9.17, 15) is 9.59 Å². The Morgan fingerprint density at radius 3 is 2.89 bits per heavy atom. The molecule has 1 saturated carbocycles. The number of carbonyl (C=O) groups excluding carboxylic acids is 1. The van der Waals surface area contributed by atoms with Crippen LogP contribution in [-0.4, -0.2) is 40.1 Å². The number of carboxylic acids is 1. The van der Waals surface area contributed by atoms with Crippen LogP contribution in [0.4, 0.5) is 0 Å². The number of amides is 1. The predicted octanol–water partition coefficient (Wildman–Crippen LogP) is 0.776. The quantitative estimate of drug-likeness (QED) is 0.838. The van der Waals surface area contributed by atoms with E-state index in [2.05, 4.69) is 5.16 Å². The summed E-state index contributed by atoms with van der Waals surface area (Å²) in [5.74, 6) is -0.593. The molecule has 1 aliphatic heterocycles. The standard InChI is InChI=1S/C12H14N2O4/c1-6-4-9(18-13-6)11(15)14-3-2-7-8(5-14)10(7)12(16)17/h4,7-8,10H,2-3,5H2,1H3,(H,16,17)/t7-,8+,10-/m0/s1. The Morgan fingerprint density at radius 1 is 1.50 bits per heavy atom. The van der Waals surface area contributed by atoms with E-state index in [1.807, 2.05) is 0 Å². The van der Waals surface area contributed by atoms with Crippen molar-refractivity contribution in [3.05, 3.63) is 17.5 Å². The fraction of sp³-hybridized carbons (Fsp3) is 0.583. The number of fused-ring (bicyclic) bond motifs is 1. The highest BCUT2D eigenvalue weighted by molar-refractivity contribution is 5.91. The van der Waals surface area contributed by atoms with Crippen LogP contribution in [0.2, 0.25) is 0 Å². The summed E-state index contributed by atoms with van der Waals surface area (Å²) in [7, 11) is 0. The molecule has 6 heteroatoms. The Morgan fingerprint density at radius 2 is 2.28 bits per heavy atom. The van der Waals surface area contributed by atoms with Crippen LogP contribution in [0.1, 0.15) is 22.7 Å². The van der Waals surface area contributed by atoms with Crippen LogP contribution in [0, 0.1) is 24.7 Å². The molecule has 2 aliphatic rings. The van der Waals surface area contributed by atoms with Gasteiger partial charge in [-0.25, -0.2) is 0 Å². The number of rotatable bonds is 2. The van der Waals surface area contributed by atoms with Gasteiger partial charge in [-0.15, -0.1) is 0 Å². The van der Waals surface area contributed by atoms with Gasteiger partial charge < -0.3 is 14.5 Å². The number of hydrogen-bond donors (Lipinski definition) is 1. The molecule has 0 bridgehead atoms. The summed E-state index contributed by atoms with van der Waals surface area (Å²) < 4.78 is 4.94. The summed E-state index contributed by atoms with van der Waals surface area (Å²) in [5, 5.41) is 12.7. The number of likely N-dealkylation sites (tertiary alicyclic amines) is 1. The zero-order chi connectivity index (χ0) is 12.9. The average Bonchev–Trinajstić information content (AvgIpc) is 2.92. The van der Waals surface area contributed by atoms with Crippen molar-refractivity contribution >= 4 is 11.9 Å². The summed E-state index contributed by atoms with van der Waals surface area (Å²) in [6, 6.07) is 1.61. The van der Waals surface area contributed by atoms with Gasteiger partial charge in [-0.1, -0.05) is 5.16 Å². The van der Waals surface area contributed by atoms with Gasteiger partial charge in [-0.05, 0) is 25.2 Å². The first-order valence-electron chi connectivity index (χ1n) is 6.03. The van der Waals surface area contributed by atoms with Crippen molar-refractivity contribution in [3.8, 4) is 0 Å². The third-order valence-electron chi connectivity index (χ3n) is 3.91. The molecule has 0 radical (unpaired) electrons. The van der Waals surface area contributed by atoms with Crippen molar-refractivity contribution in [1.82, 2.24) is 10.1 Å². The van der Waals surface area contributed by atoms with Gasteiger partial charge in [0.1, 0.15) is 0 Å². The van der Waals surface area contributed by atoms with Gasteiger partial charge in [0, 0.05) is 19.2 Å². The number of aromatic nitrogens is 1. The molecule has 1 amide bonds. The third kappa shape index (κ3) is 1.68. The molecule has 18 heavy (non-hydrogen) atoms.